The van der Waals surface area contributed by atoms with Gasteiger partial charge < -0.3 is 10.3 Å². The van der Waals surface area contributed by atoms with Crippen molar-refractivity contribution >= 4 is 33.5 Å². The first kappa shape index (κ1) is 12.6. The molecule has 2 aromatic rings. The van der Waals surface area contributed by atoms with Gasteiger partial charge in [-0.15, -0.1) is 0 Å². The third-order valence-electron chi connectivity index (χ3n) is 2.51. The molecule has 0 atom stereocenters. The van der Waals surface area contributed by atoms with Crippen LogP contribution in [0.2, 0.25) is 0 Å². The Bertz CT molecular complexity index is 609. The average molecular weight is 311 g/mol. The molecule has 0 aromatic carbocycles. The van der Waals surface area contributed by atoms with Crippen LogP contribution in [-0.2, 0) is 0 Å². The summed E-state index contributed by atoms with van der Waals surface area (Å²) in [6, 6.07) is 1.59. The Morgan fingerprint density at radius 3 is 2.83 bits per heavy atom. The first-order chi connectivity index (χ1) is 8.49. The minimum atomic E-state index is -0.388. The normalized spacial score (nSPS) is 10.4. The second-order valence-corrected chi connectivity index (χ2v) is 4.68. The number of hydrogen-bond donors (Lipinski definition) is 2. The number of carbonyl (C=O) groups is 1. The molecule has 2 aromatic heterocycles. The standard InChI is InChI=1S/C11H11BrN4O2/c1-5-6(2)16-18-11(5)15-10(17)8-3-7(12)4-14-9(8)13/h3-4H,1-2H3,(H2,13,14)(H,15,17). The van der Waals surface area contributed by atoms with Gasteiger partial charge in [-0.1, -0.05) is 5.16 Å². The van der Waals surface area contributed by atoms with Gasteiger partial charge in [0.25, 0.3) is 5.91 Å². The van der Waals surface area contributed by atoms with Gasteiger partial charge in [0.05, 0.1) is 11.3 Å². The number of aryl methyl sites for hydroxylation is 1. The van der Waals surface area contributed by atoms with Crippen molar-refractivity contribution in [2.75, 3.05) is 11.1 Å². The highest BCUT2D eigenvalue weighted by atomic mass is 79.9. The van der Waals surface area contributed by atoms with E-state index in [0.717, 1.165) is 11.3 Å². The number of amides is 1. The van der Waals surface area contributed by atoms with Crippen LogP contribution in [0.4, 0.5) is 11.7 Å². The summed E-state index contributed by atoms with van der Waals surface area (Å²) in [5, 5.41) is 6.36. The van der Waals surface area contributed by atoms with Gasteiger partial charge in [0.2, 0.25) is 5.88 Å². The fourth-order valence-corrected chi connectivity index (χ4v) is 1.67. The quantitative estimate of drug-likeness (QED) is 0.887. The van der Waals surface area contributed by atoms with Gasteiger partial charge in [-0.25, -0.2) is 4.98 Å². The molecule has 0 saturated heterocycles. The molecule has 3 N–H and O–H groups in total. The topological polar surface area (TPSA) is 94.0 Å². The van der Waals surface area contributed by atoms with Gasteiger partial charge in [0, 0.05) is 16.2 Å². The van der Waals surface area contributed by atoms with E-state index in [4.69, 9.17) is 10.3 Å². The fraction of sp³-hybridized carbons (Fsp3) is 0.182. The number of pyridine rings is 1. The zero-order chi connectivity index (χ0) is 13.3. The number of nitrogens with one attached hydrogen (secondary N) is 1. The number of nitrogens with two attached hydrogens (primary N) is 1. The number of anilines is 2. The summed E-state index contributed by atoms with van der Waals surface area (Å²) in [7, 11) is 0. The lowest BCUT2D eigenvalue weighted by Gasteiger charge is -2.05. The van der Waals surface area contributed by atoms with Crippen molar-refractivity contribution in [1.29, 1.82) is 0 Å². The van der Waals surface area contributed by atoms with E-state index < -0.39 is 0 Å². The maximum absolute atomic E-state index is 12.0. The van der Waals surface area contributed by atoms with Crippen LogP contribution in [0.1, 0.15) is 21.6 Å². The summed E-state index contributed by atoms with van der Waals surface area (Å²) in [4.78, 5) is 15.9. The van der Waals surface area contributed by atoms with Crippen LogP contribution in [0, 0.1) is 13.8 Å². The van der Waals surface area contributed by atoms with E-state index in [9.17, 15) is 4.79 Å². The number of aromatic nitrogens is 2. The fourth-order valence-electron chi connectivity index (χ4n) is 1.33. The molecule has 0 saturated carbocycles. The second kappa shape index (κ2) is 4.77. The predicted octanol–water partition coefficient (Wildman–Crippen LogP) is 2.28. The SMILES string of the molecule is Cc1noc(NC(=O)c2cc(Br)cnc2N)c1C. The van der Waals surface area contributed by atoms with Crippen molar-refractivity contribution in [3.63, 3.8) is 0 Å². The molecule has 6 nitrogen and oxygen atoms in total. The largest absolute Gasteiger partial charge is 0.383 e. The van der Waals surface area contributed by atoms with Gasteiger partial charge >= 0.3 is 0 Å². The average Bonchev–Trinajstić information content (AvgIpc) is 2.64. The number of carbonyl (C=O) groups excluding carboxylic acids is 1. The summed E-state index contributed by atoms with van der Waals surface area (Å²) >= 11 is 3.23. The minimum Gasteiger partial charge on any atom is -0.383 e. The summed E-state index contributed by atoms with van der Waals surface area (Å²) in [6.07, 6.45) is 1.52. The van der Waals surface area contributed by atoms with Gasteiger partial charge in [-0.3, -0.25) is 10.1 Å². The molecule has 0 spiro atoms. The molecule has 2 rings (SSSR count). The van der Waals surface area contributed by atoms with Gasteiger partial charge in [-0.2, -0.15) is 0 Å². The number of hydrogen-bond acceptors (Lipinski definition) is 5. The molecule has 0 radical (unpaired) electrons. The van der Waals surface area contributed by atoms with Gasteiger partial charge in [-0.05, 0) is 35.8 Å². The molecular weight excluding hydrogens is 300 g/mol. The predicted molar refractivity (Wildman–Crippen MR) is 70.3 cm³/mol. The van der Waals surface area contributed by atoms with Crippen molar-refractivity contribution in [3.05, 3.63) is 33.6 Å². The van der Waals surface area contributed by atoms with E-state index in [1.165, 1.54) is 6.20 Å². The Labute approximate surface area is 112 Å². The number of halogens is 1. The van der Waals surface area contributed by atoms with Crippen LogP contribution < -0.4 is 11.1 Å². The molecule has 94 valence electrons. The lowest BCUT2D eigenvalue weighted by molar-refractivity contribution is 0.102. The summed E-state index contributed by atoms with van der Waals surface area (Å²) in [6.45, 7) is 3.60. The third kappa shape index (κ3) is 2.35. The van der Waals surface area contributed by atoms with Crippen molar-refractivity contribution < 1.29 is 9.32 Å². The lowest BCUT2D eigenvalue weighted by Crippen LogP contribution is -2.15. The Hall–Kier alpha value is -1.89. The van der Waals surface area contributed by atoms with E-state index in [1.54, 1.807) is 13.0 Å². The molecule has 18 heavy (non-hydrogen) atoms. The zero-order valence-electron chi connectivity index (χ0n) is 9.82. The van der Waals surface area contributed by atoms with Crippen LogP contribution >= 0.6 is 15.9 Å². The van der Waals surface area contributed by atoms with E-state index in [2.05, 4.69) is 31.4 Å². The molecule has 0 fully saturated rings. The van der Waals surface area contributed by atoms with E-state index in [0.29, 0.717) is 10.4 Å². The Balaban J connectivity index is 2.27. The van der Waals surface area contributed by atoms with Crippen molar-refractivity contribution in [3.8, 4) is 0 Å². The van der Waals surface area contributed by atoms with Crippen molar-refractivity contribution in [1.82, 2.24) is 10.1 Å². The first-order valence-electron chi connectivity index (χ1n) is 5.14. The Morgan fingerprint density at radius 1 is 1.50 bits per heavy atom. The van der Waals surface area contributed by atoms with Crippen LogP contribution in [0.3, 0.4) is 0 Å². The molecule has 0 aliphatic rings. The highest BCUT2D eigenvalue weighted by Crippen LogP contribution is 2.20. The highest BCUT2D eigenvalue weighted by Gasteiger charge is 2.16. The van der Waals surface area contributed by atoms with Crippen LogP contribution in [0.25, 0.3) is 0 Å². The summed E-state index contributed by atoms with van der Waals surface area (Å²) in [5.74, 6) is 0.0852. The lowest BCUT2D eigenvalue weighted by atomic mass is 10.2. The van der Waals surface area contributed by atoms with E-state index in [1.807, 2.05) is 6.92 Å². The monoisotopic (exact) mass is 310 g/mol. The van der Waals surface area contributed by atoms with E-state index in [-0.39, 0.29) is 17.3 Å². The molecule has 7 heteroatoms. The molecule has 1 amide bonds. The molecule has 0 bridgehead atoms. The molecular formula is C11H11BrN4O2. The van der Waals surface area contributed by atoms with Crippen LogP contribution in [0.5, 0.6) is 0 Å². The Kier molecular flexibility index (Phi) is 3.33. The van der Waals surface area contributed by atoms with E-state index >= 15 is 0 Å². The smallest absolute Gasteiger partial charge is 0.261 e. The van der Waals surface area contributed by atoms with Crippen LogP contribution in [0.15, 0.2) is 21.3 Å². The van der Waals surface area contributed by atoms with Crippen molar-refractivity contribution in [2.24, 2.45) is 0 Å². The van der Waals surface area contributed by atoms with Crippen molar-refractivity contribution in [2.45, 2.75) is 13.8 Å². The summed E-state index contributed by atoms with van der Waals surface area (Å²) in [5.41, 5.74) is 7.43. The van der Waals surface area contributed by atoms with Crippen LogP contribution in [-0.4, -0.2) is 16.0 Å². The third-order valence-corrected chi connectivity index (χ3v) is 2.95. The minimum absolute atomic E-state index is 0.157. The first-order valence-corrected chi connectivity index (χ1v) is 5.93. The number of nitrogen functional groups attached to an aromatic ring is 1. The second-order valence-electron chi connectivity index (χ2n) is 3.76. The highest BCUT2D eigenvalue weighted by molar-refractivity contribution is 9.10. The molecule has 0 unspecified atom stereocenters. The summed E-state index contributed by atoms with van der Waals surface area (Å²) < 4.78 is 5.68. The maximum Gasteiger partial charge on any atom is 0.261 e. The Morgan fingerprint density at radius 2 is 2.22 bits per heavy atom. The van der Waals surface area contributed by atoms with Gasteiger partial charge in [0.15, 0.2) is 0 Å². The molecule has 2 heterocycles. The maximum atomic E-state index is 12.0. The van der Waals surface area contributed by atoms with Gasteiger partial charge in [0.1, 0.15) is 5.82 Å². The molecule has 0 aliphatic carbocycles. The molecule has 0 aliphatic heterocycles. The number of nitrogens with zero attached hydrogens (tertiary/aromatic N) is 2. The number of rotatable bonds is 2. The zero-order valence-corrected chi connectivity index (χ0v) is 11.4.